The molecule has 22 heavy (non-hydrogen) atoms. The molecule has 1 aliphatic heterocycles. The fraction of sp³-hybridized carbons (Fsp3) is 0.294. The maximum atomic E-state index is 12.7. The minimum Gasteiger partial charge on any atom is -0.481 e. The Morgan fingerprint density at radius 2 is 2.00 bits per heavy atom. The average Bonchev–Trinajstić information content (AvgIpc) is 2.84. The Labute approximate surface area is 133 Å². The highest BCUT2D eigenvalue weighted by Crippen LogP contribution is 2.31. The lowest BCUT2D eigenvalue weighted by Gasteiger charge is -2.32. The summed E-state index contributed by atoms with van der Waals surface area (Å²) in [4.78, 5) is 27.7. The first kappa shape index (κ1) is 14.8. The number of amides is 1. The minimum atomic E-state index is -0.886. The number of aryl methyl sites for hydroxylation is 2. The van der Waals surface area contributed by atoms with Gasteiger partial charge in [-0.05, 0) is 36.6 Å². The zero-order chi connectivity index (χ0) is 15.9. The second kappa shape index (κ2) is 5.57. The molecule has 2 aromatic rings. The normalized spacial score (nSPS) is 17.2. The van der Waals surface area contributed by atoms with Crippen molar-refractivity contribution in [3.63, 3.8) is 0 Å². The maximum absolute atomic E-state index is 12.7. The molecule has 2 heterocycles. The Morgan fingerprint density at radius 1 is 1.27 bits per heavy atom. The summed E-state index contributed by atoms with van der Waals surface area (Å²) in [7, 11) is 0. The van der Waals surface area contributed by atoms with Gasteiger partial charge >= 0.3 is 5.97 Å². The first-order valence-electron chi connectivity index (χ1n) is 7.14. The molecule has 0 aliphatic carbocycles. The topological polar surface area (TPSA) is 57.6 Å². The fourth-order valence-corrected chi connectivity index (χ4v) is 3.81. The Morgan fingerprint density at radius 3 is 2.64 bits per heavy atom. The molecule has 1 aromatic heterocycles. The van der Waals surface area contributed by atoms with E-state index in [0.29, 0.717) is 11.4 Å². The number of carboxylic acid groups (broad SMARTS) is 1. The van der Waals surface area contributed by atoms with Crippen molar-refractivity contribution in [1.82, 2.24) is 4.90 Å². The third kappa shape index (κ3) is 2.52. The molecule has 114 valence electrons. The summed E-state index contributed by atoms with van der Waals surface area (Å²) < 4.78 is 0. The van der Waals surface area contributed by atoms with E-state index in [1.807, 2.05) is 44.2 Å². The third-order valence-electron chi connectivity index (χ3n) is 4.16. The Kier molecular flexibility index (Phi) is 3.74. The summed E-state index contributed by atoms with van der Waals surface area (Å²) in [6.07, 6.45) is 0. The summed E-state index contributed by atoms with van der Waals surface area (Å²) in [6.45, 7) is 4.66. The summed E-state index contributed by atoms with van der Waals surface area (Å²) in [5, 5.41) is 9.47. The summed E-state index contributed by atoms with van der Waals surface area (Å²) >= 11 is 1.47. The first-order valence-corrected chi connectivity index (χ1v) is 7.96. The van der Waals surface area contributed by atoms with E-state index in [1.54, 1.807) is 4.90 Å². The molecule has 0 bridgehead atoms. The average molecular weight is 315 g/mol. The zero-order valence-electron chi connectivity index (χ0n) is 12.5. The predicted molar refractivity (Wildman–Crippen MR) is 85.4 cm³/mol. The van der Waals surface area contributed by atoms with Crippen LogP contribution >= 0.6 is 11.3 Å². The van der Waals surface area contributed by atoms with Crippen LogP contribution in [0.3, 0.4) is 0 Å². The van der Waals surface area contributed by atoms with Crippen molar-refractivity contribution in [2.24, 2.45) is 0 Å². The lowest BCUT2D eigenvalue weighted by Crippen LogP contribution is -2.40. The predicted octanol–water partition coefficient (Wildman–Crippen LogP) is 3.19. The van der Waals surface area contributed by atoms with E-state index in [-0.39, 0.29) is 12.5 Å². The van der Waals surface area contributed by atoms with Crippen LogP contribution in [0.1, 0.15) is 37.2 Å². The van der Waals surface area contributed by atoms with E-state index in [2.05, 4.69) is 0 Å². The lowest BCUT2D eigenvalue weighted by molar-refractivity contribution is -0.139. The third-order valence-corrected chi connectivity index (χ3v) is 5.30. The molecule has 4 nitrogen and oxygen atoms in total. The van der Waals surface area contributed by atoms with Crippen molar-refractivity contribution in [3.8, 4) is 0 Å². The molecule has 3 rings (SSSR count). The van der Waals surface area contributed by atoms with Gasteiger partial charge in [-0.15, -0.1) is 11.3 Å². The van der Waals surface area contributed by atoms with E-state index in [1.165, 1.54) is 11.3 Å². The van der Waals surface area contributed by atoms with Crippen LogP contribution in [0.5, 0.6) is 0 Å². The molecule has 0 saturated heterocycles. The van der Waals surface area contributed by atoms with Crippen LogP contribution in [0.15, 0.2) is 30.3 Å². The highest BCUT2D eigenvalue weighted by molar-refractivity contribution is 7.14. The molecule has 1 aliphatic rings. The molecule has 1 unspecified atom stereocenters. The monoisotopic (exact) mass is 315 g/mol. The van der Waals surface area contributed by atoms with Crippen molar-refractivity contribution < 1.29 is 14.7 Å². The van der Waals surface area contributed by atoms with Gasteiger partial charge in [0, 0.05) is 18.0 Å². The summed E-state index contributed by atoms with van der Waals surface area (Å²) in [6, 6.07) is 9.35. The van der Waals surface area contributed by atoms with Crippen molar-refractivity contribution in [3.05, 3.63) is 56.8 Å². The lowest BCUT2D eigenvalue weighted by atomic mass is 9.89. The largest absolute Gasteiger partial charge is 0.481 e. The second-order valence-corrected chi connectivity index (χ2v) is 6.88. The molecule has 5 heteroatoms. The van der Waals surface area contributed by atoms with Gasteiger partial charge in [0.1, 0.15) is 0 Å². The zero-order valence-corrected chi connectivity index (χ0v) is 13.3. The van der Waals surface area contributed by atoms with Gasteiger partial charge in [-0.3, -0.25) is 9.59 Å². The van der Waals surface area contributed by atoms with Gasteiger partial charge in [0.15, 0.2) is 0 Å². The van der Waals surface area contributed by atoms with Crippen LogP contribution in [0, 0.1) is 13.8 Å². The first-order chi connectivity index (χ1) is 10.5. The molecule has 0 saturated carbocycles. The summed E-state index contributed by atoms with van der Waals surface area (Å²) in [5.74, 6) is -1.62. The number of hydrogen-bond acceptors (Lipinski definition) is 3. The van der Waals surface area contributed by atoms with Gasteiger partial charge in [0.2, 0.25) is 0 Å². The molecule has 0 radical (unpaired) electrons. The maximum Gasteiger partial charge on any atom is 0.312 e. The standard InChI is InChI=1S/C17H17NO3S/c1-10-7-15(22-11(10)2)16(19)18-8-12-5-3-4-6-13(12)14(9-18)17(20)21/h3-7,14H,8-9H2,1-2H3,(H,20,21). The molecule has 0 fully saturated rings. The van der Waals surface area contributed by atoms with E-state index in [9.17, 15) is 14.7 Å². The van der Waals surface area contributed by atoms with E-state index < -0.39 is 11.9 Å². The number of carbonyl (C=O) groups excluding carboxylic acids is 1. The molecular weight excluding hydrogens is 298 g/mol. The van der Waals surface area contributed by atoms with Crippen LogP contribution in [-0.4, -0.2) is 28.4 Å². The number of carbonyl (C=O) groups is 2. The SMILES string of the molecule is Cc1cc(C(=O)N2Cc3ccccc3C(C(=O)O)C2)sc1C. The highest BCUT2D eigenvalue weighted by atomic mass is 32.1. The van der Waals surface area contributed by atoms with Crippen LogP contribution in [0.4, 0.5) is 0 Å². The van der Waals surface area contributed by atoms with Crippen molar-refractivity contribution in [2.45, 2.75) is 26.3 Å². The van der Waals surface area contributed by atoms with Crippen molar-refractivity contribution in [1.29, 1.82) is 0 Å². The van der Waals surface area contributed by atoms with Crippen LogP contribution < -0.4 is 0 Å². The number of carboxylic acids is 1. The Hall–Kier alpha value is -2.14. The Balaban J connectivity index is 1.93. The second-order valence-electron chi connectivity index (χ2n) is 5.63. The van der Waals surface area contributed by atoms with Crippen LogP contribution in [0.2, 0.25) is 0 Å². The number of hydrogen-bond donors (Lipinski definition) is 1. The smallest absolute Gasteiger partial charge is 0.312 e. The van der Waals surface area contributed by atoms with Gasteiger partial charge < -0.3 is 10.0 Å². The number of nitrogens with zero attached hydrogens (tertiary/aromatic N) is 1. The quantitative estimate of drug-likeness (QED) is 0.926. The molecule has 1 atom stereocenters. The van der Waals surface area contributed by atoms with E-state index in [0.717, 1.165) is 21.6 Å². The summed E-state index contributed by atoms with van der Waals surface area (Å²) in [5.41, 5.74) is 2.83. The number of thiophene rings is 1. The number of rotatable bonds is 2. The fourth-order valence-electron chi connectivity index (χ4n) is 2.81. The van der Waals surface area contributed by atoms with E-state index >= 15 is 0 Å². The molecule has 0 spiro atoms. The van der Waals surface area contributed by atoms with Gasteiger partial charge in [0.05, 0.1) is 10.8 Å². The van der Waals surface area contributed by atoms with Crippen molar-refractivity contribution in [2.75, 3.05) is 6.54 Å². The van der Waals surface area contributed by atoms with Crippen LogP contribution in [0.25, 0.3) is 0 Å². The van der Waals surface area contributed by atoms with Gasteiger partial charge in [0.25, 0.3) is 5.91 Å². The number of aliphatic carboxylic acids is 1. The van der Waals surface area contributed by atoms with Crippen molar-refractivity contribution >= 4 is 23.2 Å². The van der Waals surface area contributed by atoms with Gasteiger partial charge in [-0.1, -0.05) is 24.3 Å². The number of benzene rings is 1. The molecule has 1 aromatic carbocycles. The number of fused-ring (bicyclic) bond motifs is 1. The molecule has 1 N–H and O–H groups in total. The minimum absolute atomic E-state index is 0.0815. The molecular formula is C17H17NO3S. The van der Waals surface area contributed by atoms with E-state index in [4.69, 9.17) is 0 Å². The molecule has 1 amide bonds. The van der Waals surface area contributed by atoms with Gasteiger partial charge in [-0.25, -0.2) is 0 Å². The van der Waals surface area contributed by atoms with Crippen LogP contribution in [-0.2, 0) is 11.3 Å². The Bertz CT molecular complexity index is 731. The van der Waals surface area contributed by atoms with Gasteiger partial charge in [-0.2, -0.15) is 0 Å². The highest BCUT2D eigenvalue weighted by Gasteiger charge is 2.33.